The van der Waals surface area contributed by atoms with E-state index >= 15 is 0 Å². The topological polar surface area (TPSA) is 9.23 Å². The van der Waals surface area contributed by atoms with Crippen molar-refractivity contribution in [1.82, 2.24) is 0 Å². The summed E-state index contributed by atoms with van der Waals surface area (Å²) in [5, 5.41) is 0. The molecule has 1 aliphatic heterocycles. The average molecular weight is 189 g/mol. The molecule has 0 radical (unpaired) electrons. The Morgan fingerprint density at radius 3 is 2.64 bits per heavy atom. The van der Waals surface area contributed by atoms with Gasteiger partial charge in [-0.15, -0.1) is 11.3 Å². The second-order valence-electron chi connectivity index (χ2n) is 3.16. The standard InChI is InChI=1S/C8H9ClOS/c1-8(4-10-5-8)6-2-3-7(9)11-6/h2-3H,4-5H2,1H3. The van der Waals surface area contributed by atoms with E-state index in [9.17, 15) is 0 Å². The molecule has 1 saturated heterocycles. The Bertz CT molecular complexity index is 265. The summed E-state index contributed by atoms with van der Waals surface area (Å²) < 4.78 is 6.03. The van der Waals surface area contributed by atoms with Crippen LogP contribution in [0.4, 0.5) is 0 Å². The van der Waals surface area contributed by atoms with Gasteiger partial charge in [0.2, 0.25) is 0 Å². The summed E-state index contributed by atoms with van der Waals surface area (Å²) in [7, 11) is 0. The van der Waals surface area contributed by atoms with E-state index in [4.69, 9.17) is 16.3 Å². The molecule has 0 bridgehead atoms. The van der Waals surface area contributed by atoms with Gasteiger partial charge in [-0.2, -0.15) is 0 Å². The van der Waals surface area contributed by atoms with Crippen molar-refractivity contribution in [2.24, 2.45) is 0 Å². The van der Waals surface area contributed by atoms with Crippen LogP contribution in [0.3, 0.4) is 0 Å². The van der Waals surface area contributed by atoms with Gasteiger partial charge in [0.1, 0.15) is 0 Å². The third kappa shape index (κ3) is 1.19. The van der Waals surface area contributed by atoms with E-state index < -0.39 is 0 Å². The SMILES string of the molecule is CC1(c2ccc(Cl)s2)COC1. The van der Waals surface area contributed by atoms with Gasteiger partial charge in [-0.05, 0) is 12.1 Å². The van der Waals surface area contributed by atoms with Crippen LogP contribution in [0, 0.1) is 0 Å². The van der Waals surface area contributed by atoms with Crippen molar-refractivity contribution in [3.05, 3.63) is 21.3 Å². The number of rotatable bonds is 1. The molecule has 3 heteroatoms. The van der Waals surface area contributed by atoms with Crippen molar-refractivity contribution >= 4 is 22.9 Å². The molecule has 1 aromatic heterocycles. The Labute approximate surface area is 74.9 Å². The molecule has 60 valence electrons. The van der Waals surface area contributed by atoms with Crippen molar-refractivity contribution in [3.8, 4) is 0 Å². The van der Waals surface area contributed by atoms with Crippen LogP contribution in [0.15, 0.2) is 12.1 Å². The van der Waals surface area contributed by atoms with Crippen LogP contribution in [0.2, 0.25) is 4.34 Å². The Balaban J connectivity index is 2.28. The fourth-order valence-corrected chi connectivity index (χ4v) is 2.35. The number of halogens is 1. The van der Waals surface area contributed by atoms with E-state index in [0.717, 1.165) is 17.6 Å². The summed E-state index contributed by atoms with van der Waals surface area (Å²) in [5.41, 5.74) is 0.248. The highest BCUT2D eigenvalue weighted by atomic mass is 35.5. The van der Waals surface area contributed by atoms with Gasteiger partial charge < -0.3 is 4.74 Å². The summed E-state index contributed by atoms with van der Waals surface area (Å²) in [6.45, 7) is 3.88. The molecule has 11 heavy (non-hydrogen) atoms. The van der Waals surface area contributed by atoms with Crippen molar-refractivity contribution < 1.29 is 4.74 Å². The lowest BCUT2D eigenvalue weighted by Crippen LogP contribution is -2.43. The lowest BCUT2D eigenvalue weighted by Gasteiger charge is -2.37. The molecule has 1 aromatic rings. The summed E-state index contributed by atoms with van der Waals surface area (Å²) in [4.78, 5) is 1.34. The third-order valence-corrected chi connectivity index (χ3v) is 3.55. The lowest BCUT2D eigenvalue weighted by atomic mass is 9.87. The fraction of sp³-hybridized carbons (Fsp3) is 0.500. The molecule has 0 unspecified atom stereocenters. The molecule has 1 aliphatic rings. The first-order valence-electron chi connectivity index (χ1n) is 3.54. The molecule has 0 saturated carbocycles. The first-order chi connectivity index (χ1) is 5.21. The molecular weight excluding hydrogens is 180 g/mol. The van der Waals surface area contributed by atoms with E-state index in [2.05, 4.69) is 13.0 Å². The molecule has 0 aromatic carbocycles. The third-order valence-electron chi connectivity index (χ3n) is 2.01. The minimum atomic E-state index is 0.248. The van der Waals surface area contributed by atoms with Gasteiger partial charge in [0, 0.05) is 10.3 Å². The van der Waals surface area contributed by atoms with Crippen molar-refractivity contribution in [3.63, 3.8) is 0 Å². The highest BCUT2D eigenvalue weighted by molar-refractivity contribution is 7.16. The van der Waals surface area contributed by atoms with Crippen molar-refractivity contribution in [2.45, 2.75) is 12.3 Å². The van der Waals surface area contributed by atoms with Gasteiger partial charge in [0.05, 0.1) is 17.6 Å². The van der Waals surface area contributed by atoms with Crippen LogP contribution in [0.1, 0.15) is 11.8 Å². The Morgan fingerprint density at radius 2 is 2.27 bits per heavy atom. The maximum atomic E-state index is 5.83. The first-order valence-corrected chi connectivity index (χ1v) is 4.74. The summed E-state index contributed by atoms with van der Waals surface area (Å²) in [6.07, 6.45) is 0. The van der Waals surface area contributed by atoms with Crippen LogP contribution < -0.4 is 0 Å². The number of ether oxygens (including phenoxy) is 1. The highest BCUT2D eigenvalue weighted by Gasteiger charge is 2.36. The molecule has 2 rings (SSSR count). The molecular formula is C8H9ClOS. The van der Waals surface area contributed by atoms with Crippen LogP contribution in [-0.4, -0.2) is 13.2 Å². The Morgan fingerprint density at radius 1 is 1.55 bits per heavy atom. The second-order valence-corrected chi connectivity index (χ2v) is 4.87. The quantitative estimate of drug-likeness (QED) is 0.659. The van der Waals surface area contributed by atoms with E-state index in [1.807, 2.05) is 6.07 Å². The fourth-order valence-electron chi connectivity index (χ4n) is 1.19. The normalized spacial score (nSPS) is 21.3. The zero-order valence-corrected chi connectivity index (χ0v) is 7.84. The summed E-state index contributed by atoms with van der Waals surface area (Å²) in [5.74, 6) is 0. The van der Waals surface area contributed by atoms with Crippen LogP contribution in [0.25, 0.3) is 0 Å². The lowest BCUT2D eigenvalue weighted by molar-refractivity contribution is -0.0481. The molecule has 0 amide bonds. The second kappa shape index (κ2) is 2.47. The van der Waals surface area contributed by atoms with Gasteiger partial charge in [0.25, 0.3) is 0 Å². The molecule has 0 atom stereocenters. The minimum Gasteiger partial charge on any atom is -0.379 e. The smallest absolute Gasteiger partial charge is 0.0931 e. The van der Waals surface area contributed by atoms with Crippen LogP contribution in [0.5, 0.6) is 0 Å². The van der Waals surface area contributed by atoms with E-state index in [1.165, 1.54) is 4.88 Å². The van der Waals surface area contributed by atoms with E-state index in [-0.39, 0.29) is 5.41 Å². The predicted octanol–water partition coefficient (Wildman–Crippen LogP) is 2.69. The summed E-state index contributed by atoms with van der Waals surface area (Å²) in [6, 6.07) is 4.04. The molecule has 1 fully saturated rings. The number of hydrogen-bond donors (Lipinski definition) is 0. The van der Waals surface area contributed by atoms with Gasteiger partial charge in [-0.25, -0.2) is 0 Å². The highest BCUT2D eigenvalue weighted by Crippen LogP contribution is 2.37. The van der Waals surface area contributed by atoms with E-state index in [0.29, 0.717) is 0 Å². The number of thiophene rings is 1. The van der Waals surface area contributed by atoms with Gasteiger partial charge in [-0.3, -0.25) is 0 Å². The average Bonchev–Trinajstić information content (AvgIpc) is 2.31. The zero-order valence-electron chi connectivity index (χ0n) is 6.26. The maximum Gasteiger partial charge on any atom is 0.0931 e. The number of hydrogen-bond acceptors (Lipinski definition) is 2. The molecule has 0 N–H and O–H groups in total. The zero-order chi connectivity index (χ0) is 7.90. The van der Waals surface area contributed by atoms with Crippen molar-refractivity contribution in [2.75, 3.05) is 13.2 Å². The van der Waals surface area contributed by atoms with Crippen molar-refractivity contribution in [1.29, 1.82) is 0 Å². The summed E-state index contributed by atoms with van der Waals surface area (Å²) >= 11 is 7.48. The largest absolute Gasteiger partial charge is 0.379 e. The predicted molar refractivity (Wildman–Crippen MR) is 47.5 cm³/mol. The Hall–Kier alpha value is -0.0500. The molecule has 0 spiro atoms. The van der Waals surface area contributed by atoms with Crippen LogP contribution in [-0.2, 0) is 10.2 Å². The molecule has 2 heterocycles. The van der Waals surface area contributed by atoms with Gasteiger partial charge in [-0.1, -0.05) is 18.5 Å². The van der Waals surface area contributed by atoms with Gasteiger partial charge in [0.15, 0.2) is 0 Å². The maximum absolute atomic E-state index is 5.83. The Kier molecular flexibility index (Phi) is 1.71. The molecule has 1 nitrogen and oxygen atoms in total. The van der Waals surface area contributed by atoms with Crippen LogP contribution >= 0.6 is 22.9 Å². The van der Waals surface area contributed by atoms with Gasteiger partial charge >= 0.3 is 0 Å². The molecule has 0 aliphatic carbocycles. The minimum absolute atomic E-state index is 0.248. The first kappa shape index (κ1) is 7.59. The van der Waals surface area contributed by atoms with E-state index in [1.54, 1.807) is 11.3 Å². The monoisotopic (exact) mass is 188 g/mol.